The summed E-state index contributed by atoms with van der Waals surface area (Å²) in [7, 11) is 0. The zero-order valence-corrected chi connectivity index (χ0v) is 18.1. The fourth-order valence-electron chi connectivity index (χ4n) is 3.39. The second-order valence-corrected chi connectivity index (χ2v) is 9.40. The van der Waals surface area contributed by atoms with Crippen LogP contribution in [0.3, 0.4) is 0 Å². The van der Waals surface area contributed by atoms with E-state index in [0.29, 0.717) is 24.5 Å². The van der Waals surface area contributed by atoms with Crippen molar-refractivity contribution in [1.29, 1.82) is 0 Å². The highest BCUT2D eigenvalue weighted by atomic mass is 32.1. The predicted octanol–water partition coefficient (Wildman–Crippen LogP) is 4.16. The van der Waals surface area contributed by atoms with Crippen LogP contribution in [0.2, 0.25) is 0 Å². The molecule has 0 saturated carbocycles. The lowest BCUT2D eigenvalue weighted by Gasteiger charge is -2.40. The van der Waals surface area contributed by atoms with Crippen molar-refractivity contribution in [2.75, 3.05) is 19.7 Å². The van der Waals surface area contributed by atoms with Crippen LogP contribution in [0.5, 0.6) is 0 Å². The summed E-state index contributed by atoms with van der Waals surface area (Å²) in [6, 6.07) is 0. The molecule has 2 unspecified atom stereocenters. The SMILES string of the molecule is CCNC(=NCc1nc(C(C)C)cs1)NCC1CCCOC1C(C)(C)C. The van der Waals surface area contributed by atoms with Crippen molar-refractivity contribution in [3.8, 4) is 0 Å². The normalized spacial score (nSPS) is 21.9. The van der Waals surface area contributed by atoms with Gasteiger partial charge in [-0.05, 0) is 31.1 Å². The molecule has 1 aliphatic heterocycles. The highest BCUT2D eigenvalue weighted by molar-refractivity contribution is 7.09. The Morgan fingerprint density at radius 2 is 2.15 bits per heavy atom. The van der Waals surface area contributed by atoms with Crippen LogP contribution in [0.25, 0.3) is 0 Å². The van der Waals surface area contributed by atoms with Crippen molar-refractivity contribution in [1.82, 2.24) is 15.6 Å². The zero-order valence-electron chi connectivity index (χ0n) is 17.3. The lowest BCUT2D eigenvalue weighted by atomic mass is 9.78. The van der Waals surface area contributed by atoms with Crippen molar-refractivity contribution in [2.45, 2.75) is 73.0 Å². The summed E-state index contributed by atoms with van der Waals surface area (Å²) in [6.45, 7) is 16.5. The highest BCUT2D eigenvalue weighted by Crippen LogP contribution is 2.33. The van der Waals surface area contributed by atoms with E-state index in [1.54, 1.807) is 11.3 Å². The van der Waals surface area contributed by atoms with Crippen LogP contribution in [-0.4, -0.2) is 36.7 Å². The molecule has 1 aromatic heterocycles. The van der Waals surface area contributed by atoms with E-state index in [9.17, 15) is 0 Å². The van der Waals surface area contributed by atoms with Crippen molar-refractivity contribution in [2.24, 2.45) is 16.3 Å². The van der Waals surface area contributed by atoms with Crippen molar-refractivity contribution in [3.05, 3.63) is 16.1 Å². The molecule has 6 heteroatoms. The molecule has 2 atom stereocenters. The fraction of sp³-hybridized carbons (Fsp3) is 0.800. The van der Waals surface area contributed by atoms with E-state index in [2.05, 4.69) is 62.5 Å². The maximum Gasteiger partial charge on any atom is 0.191 e. The van der Waals surface area contributed by atoms with Gasteiger partial charge in [0.05, 0.1) is 18.3 Å². The average Bonchev–Trinajstić information content (AvgIpc) is 3.06. The molecule has 1 aliphatic rings. The Labute approximate surface area is 163 Å². The Morgan fingerprint density at radius 3 is 2.77 bits per heavy atom. The van der Waals surface area contributed by atoms with Crippen molar-refractivity contribution < 1.29 is 4.74 Å². The summed E-state index contributed by atoms with van der Waals surface area (Å²) >= 11 is 1.69. The van der Waals surface area contributed by atoms with E-state index in [4.69, 9.17) is 9.73 Å². The maximum atomic E-state index is 6.09. The Morgan fingerprint density at radius 1 is 1.38 bits per heavy atom. The molecule has 0 amide bonds. The molecule has 0 bridgehead atoms. The van der Waals surface area contributed by atoms with Gasteiger partial charge < -0.3 is 15.4 Å². The van der Waals surface area contributed by atoms with Gasteiger partial charge >= 0.3 is 0 Å². The lowest BCUT2D eigenvalue weighted by Crippen LogP contribution is -2.47. The Hall–Kier alpha value is -1.14. The summed E-state index contributed by atoms with van der Waals surface area (Å²) in [4.78, 5) is 9.40. The number of hydrogen-bond acceptors (Lipinski definition) is 4. The number of ether oxygens (including phenoxy) is 1. The summed E-state index contributed by atoms with van der Waals surface area (Å²) in [5, 5.41) is 10.1. The van der Waals surface area contributed by atoms with Gasteiger partial charge in [-0.2, -0.15) is 0 Å². The molecule has 1 fully saturated rings. The Kier molecular flexibility index (Phi) is 7.89. The van der Waals surface area contributed by atoms with Crippen LogP contribution in [0.15, 0.2) is 10.4 Å². The number of rotatable bonds is 6. The van der Waals surface area contributed by atoms with Crippen LogP contribution in [0, 0.1) is 11.3 Å². The standard InChI is InChI=1S/C20H36N4OS/c1-7-21-19(23-12-17-24-16(13-26-17)14(2)3)22-11-15-9-8-10-25-18(15)20(4,5)6/h13-15,18H,7-12H2,1-6H3,(H2,21,22,23). The van der Waals surface area contributed by atoms with Gasteiger partial charge in [0.1, 0.15) is 5.01 Å². The number of thiazole rings is 1. The summed E-state index contributed by atoms with van der Waals surface area (Å²) < 4.78 is 6.09. The second kappa shape index (κ2) is 9.70. The van der Waals surface area contributed by atoms with Crippen molar-refractivity contribution in [3.63, 3.8) is 0 Å². The second-order valence-electron chi connectivity index (χ2n) is 8.46. The Bertz CT molecular complexity index is 577. The predicted molar refractivity (Wildman–Crippen MR) is 111 cm³/mol. The topological polar surface area (TPSA) is 58.5 Å². The molecule has 2 rings (SSSR count). The van der Waals surface area contributed by atoms with E-state index in [1.807, 2.05) is 0 Å². The Balaban J connectivity index is 1.95. The molecule has 1 aromatic rings. The van der Waals surface area contributed by atoms with Gasteiger partial charge in [-0.25, -0.2) is 9.98 Å². The molecule has 26 heavy (non-hydrogen) atoms. The van der Waals surface area contributed by atoms with E-state index in [1.165, 1.54) is 6.42 Å². The lowest BCUT2D eigenvalue weighted by molar-refractivity contribution is -0.0835. The molecule has 2 heterocycles. The molecule has 5 nitrogen and oxygen atoms in total. The fourth-order valence-corrected chi connectivity index (χ4v) is 4.27. The van der Waals surface area contributed by atoms with E-state index >= 15 is 0 Å². The smallest absolute Gasteiger partial charge is 0.191 e. The first-order chi connectivity index (χ1) is 12.3. The van der Waals surface area contributed by atoms with Gasteiger partial charge in [0.25, 0.3) is 0 Å². The summed E-state index contributed by atoms with van der Waals surface area (Å²) in [5.41, 5.74) is 1.32. The summed E-state index contributed by atoms with van der Waals surface area (Å²) in [5.74, 6) is 1.85. The van der Waals surface area contributed by atoms with Gasteiger partial charge in [-0.15, -0.1) is 11.3 Å². The molecular formula is C20H36N4OS. The molecule has 0 spiro atoms. The largest absolute Gasteiger partial charge is 0.377 e. The molecular weight excluding hydrogens is 344 g/mol. The molecule has 1 saturated heterocycles. The van der Waals surface area contributed by atoms with E-state index in [0.717, 1.165) is 42.8 Å². The number of nitrogens with one attached hydrogen (secondary N) is 2. The quantitative estimate of drug-likeness (QED) is 0.575. The molecule has 148 valence electrons. The number of aliphatic imine (C=N–C) groups is 1. The third-order valence-corrected chi connectivity index (χ3v) is 5.56. The number of guanidine groups is 1. The third kappa shape index (κ3) is 6.23. The van der Waals surface area contributed by atoms with Gasteiger partial charge in [-0.1, -0.05) is 34.6 Å². The average molecular weight is 381 g/mol. The minimum absolute atomic E-state index is 0.163. The van der Waals surface area contributed by atoms with Crippen molar-refractivity contribution >= 4 is 17.3 Å². The van der Waals surface area contributed by atoms with Crippen LogP contribution in [-0.2, 0) is 11.3 Å². The van der Waals surface area contributed by atoms with Gasteiger partial charge in [-0.3, -0.25) is 0 Å². The highest BCUT2D eigenvalue weighted by Gasteiger charge is 2.35. The zero-order chi connectivity index (χ0) is 19.2. The maximum absolute atomic E-state index is 6.09. The minimum Gasteiger partial charge on any atom is -0.377 e. The number of aromatic nitrogens is 1. The number of nitrogens with zero attached hydrogens (tertiary/aromatic N) is 2. The van der Waals surface area contributed by atoms with Gasteiger partial charge in [0.2, 0.25) is 0 Å². The van der Waals surface area contributed by atoms with E-state index < -0.39 is 0 Å². The summed E-state index contributed by atoms with van der Waals surface area (Å²) in [6.07, 6.45) is 2.64. The number of hydrogen-bond donors (Lipinski definition) is 2. The van der Waals surface area contributed by atoms with Crippen LogP contribution < -0.4 is 10.6 Å². The molecule has 0 aromatic carbocycles. The third-order valence-electron chi connectivity index (χ3n) is 4.71. The van der Waals surface area contributed by atoms with E-state index in [-0.39, 0.29) is 5.41 Å². The van der Waals surface area contributed by atoms with Gasteiger partial charge in [0.15, 0.2) is 5.96 Å². The van der Waals surface area contributed by atoms with Crippen LogP contribution in [0.4, 0.5) is 0 Å². The molecule has 0 radical (unpaired) electrons. The van der Waals surface area contributed by atoms with Crippen LogP contribution >= 0.6 is 11.3 Å². The first-order valence-corrected chi connectivity index (χ1v) is 10.8. The first kappa shape index (κ1) is 21.2. The monoisotopic (exact) mass is 380 g/mol. The first-order valence-electron chi connectivity index (χ1n) is 9.89. The molecule has 2 N–H and O–H groups in total. The van der Waals surface area contributed by atoms with Gasteiger partial charge in [0, 0.05) is 31.0 Å². The minimum atomic E-state index is 0.163. The van der Waals surface area contributed by atoms with Crippen LogP contribution in [0.1, 0.15) is 71.0 Å². The molecule has 0 aliphatic carbocycles.